The van der Waals surface area contributed by atoms with Gasteiger partial charge in [-0.1, -0.05) is 12.1 Å². The van der Waals surface area contributed by atoms with Gasteiger partial charge in [0.25, 0.3) is 0 Å². The van der Waals surface area contributed by atoms with Crippen LogP contribution in [-0.2, 0) is 17.5 Å². The molecule has 0 saturated carbocycles. The number of alkyl halides is 3. The molecule has 0 saturated heterocycles. The number of rotatable bonds is 6. The van der Waals surface area contributed by atoms with E-state index in [1.165, 1.54) is 13.3 Å². The lowest BCUT2D eigenvalue weighted by atomic mass is 10.2. The highest BCUT2D eigenvalue weighted by Gasteiger charge is 2.31. The molecule has 8 nitrogen and oxygen atoms in total. The van der Waals surface area contributed by atoms with Crippen molar-refractivity contribution in [3.8, 4) is 0 Å². The van der Waals surface area contributed by atoms with E-state index in [1.807, 2.05) is 0 Å². The molecule has 1 heterocycles. The van der Waals surface area contributed by atoms with Crippen molar-refractivity contribution in [1.82, 2.24) is 10.2 Å². The quantitative estimate of drug-likeness (QED) is 0.323. The third kappa shape index (κ3) is 5.53. The van der Waals surface area contributed by atoms with Crippen molar-refractivity contribution in [3.05, 3.63) is 71.3 Å². The zero-order valence-electron chi connectivity index (χ0n) is 16.5. The van der Waals surface area contributed by atoms with Crippen molar-refractivity contribution in [2.24, 2.45) is 0 Å². The molecule has 0 spiro atoms. The van der Waals surface area contributed by atoms with Crippen molar-refractivity contribution >= 4 is 29.1 Å². The molecule has 0 bridgehead atoms. The van der Waals surface area contributed by atoms with Crippen LogP contribution >= 0.6 is 0 Å². The number of H-pyrrole nitrogens is 1. The molecule has 2 aromatic carbocycles. The Kier molecular flexibility index (Phi) is 6.61. The summed E-state index contributed by atoms with van der Waals surface area (Å²) in [4.78, 5) is 23.8. The van der Waals surface area contributed by atoms with Gasteiger partial charge in [-0.3, -0.25) is 5.10 Å². The van der Waals surface area contributed by atoms with Gasteiger partial charge in [0.2, 0.25) is 0 Å². The van der Waals surface area contributed by atoms with Crippen LogP contribution in [0.25, 0.3) is 0 Å². The van der Waals surface area contributed by atoms with Gasteiger partial charge < -0.3 is 20.7 Å². The van der Waals surface area contributed by atoms with Gasteiger partial charge in [0, 0.05) is 18.4 Å². The van der Waals surface area contributed by atoms with Crippen LogP contribution in [0.2, 0.25) is 0 Å². The summed E-state index contributed by atoms with van der Waals surface area (Å²) in [6, 6.07) is 7.31. The van der Waals surface area contributed by atoms with Gasteiger partial charge in [0.1, 0.15) is 5.82 Å². The molecule has 12 heteroatoms. The minimum atomic E-state index is -4.68. The van der Waals surface area contributed by atoms with Crippen molar-refractivity contribution in [3.63, 3.8) is 0 Å². The van der Waals surface area contributed by atoms with E-state index >= 15 is 0 Å². The Morgan fingerprint density at radius 1 is 1.09 bits per heavy atom. The number of halogens is 4. The Labute approximate surface area is 179 Å². The van der Waals surface area contributed by atoms with Crippen LogP contribution in [-0.4, -0.2) is 29.3 Å². The molecule has 32 heavy (non-hydrogen) atoms. The number of methoxy groups -OCH3 is 1. The van der Waals surface area contributed by atoms with Gasteiger partial charge in [-0.15, -0.1) is 0 Å². The maximum absolute atomic E-state index is 13.8. The normalized spacial score (nSPS) is 11.0. The zero-order valence-corrected chi connectivity index (χ0v) is 16.5. The van der Waals surface area contributed by atoms with E-state index in [-0.39, 0.29) is 12.2 Å². The summed E-state index contributed by atoms with van der Waals surface area (Å²) in [6.45, 7) is 0.253. The fourth-order valence-corrected chi connectivity index (χ4v) is 2.72. The molecular weight excluding hydrogens is 434 g/mol. The summed E-state index contributed by atoms with van der Waals surface area (Å²) in [7, 11) is 1.23. The van der Waals surface area contributed by atoms with Crippen molar-refractivity contribution in [1.29, 1.82) is 0 Å². The third-order valence-electron chi connectivity index (χ3n) is 4.23. The standard InChI is InChI=1S/C20H17F4N5O3/c1-32-18(30)17-16(10-26-29-17)25-9-11-3-2-4-13(7-11)27-19(31)28-15-8-12(20(22,23)24)5-6-14(15)21/h2-8,10,25H,9H2,1H3,(H,26,29)(H2,27,28,31). The Balaban J connectivity index is 1.64. The smallest absolute Gasteiger partial charge is 0.416 e. The molecule has 0 unspecified atom stereocenters. The molecule has 3 rings (SSSR count). The monoisotopic (exact) mass is 451 g/mol. The number of urea groups is 1. The summed E-state index contributed by atoms with van der Waals surface area (Å²) in [5.74, 6) is -1.63. The summed E-state index contributed by atoms with van der Waals surface area (Å²) >= 11 is 0. The molecule has 2 amide bonds. The second kappa shape index (κ2) is 9.37. The average molecular weight is 451 g/mol. The number of ether oxygens (including phenoxy) is 1. The highest BCUT2D eigenvalue weighted by Crippen LogP contribution is 2.31. The molecule has 1 aromatic heterocycles. The number of nitrogens with zero attached hydrogens (tertiary/aromatic N) is 1. The van der Waals surface area contributed by atoms with Crippen LogP contribution in [0.4, 0.5) is 39.4 Å². The molecule has 0 radical (unpaired) electrons. The van der Waals surface area contributed by atoms with Crippen LogP contribution in [0.5, 0.6) is 0 Å². The number of aromatic amines is 1. The van der Waals surface area contributed by atoms with E-state index in [0.717, 1.165) is 0 Å². The number of hydrogen-bond acceptors (Lipinski definition) is 5. The molecule has 0 atom stereocenters. The predicted molar refractivity (Wildman–Crippen MR) is 108 cm³/mol. The van der Waals surface area contributed by atoms with Crippen LogP contribution in [0.15, 0.2) is 48.7 Å². The van der Waals surface area contributed by atoms with Gasteiger partial charge in [-0.05, 0) is 35.9 Å². The maximum atomic E-state index is 13.8. The number of aromatic nitrogens is 2. The lowest BCUT2D eigenvalue weighted by molar-refractivity contribution is -0.137. The van der Waals surface area contributed by atoms with Gasteiger partial charge in [-0.2, -0.15) is 18.3 Å². The van der Waals surface area contributed by atoms with E-state index in [0.29, 0.717) is 35.1 Å². The number of hydrogen-bond donors (Lipinski definition) is 4. The Hall–Kier alpha value is -4.09. The summed E-state index contributed by atoms with van der Waals surface area (Å²) in [5, 5.41) is 13.8. The topological polar surface area (TPSA) is 108 Å². The highest BCUT2D eigenvalue weighted by molar-refractivity contribution is 6.00. The Morgan fingerprint density at radius 2 is 1.88 bits per heavy atom. The van der Waals surface area contributed by atoms with Gasteiger partial charge in [0.15, 0.2) is 5.69 Å². The fourth-order valence-electron chi connectivity index (χ4n) is 2.72. The number of nitrogens with one attached hydrogen (secondary N) is 4. The summed E-state index contributed by atoms with van der Waals surface area (Å²) in [5.41, 5.74) is -0.199. The first-order valence-corrected chi connectivity index (χ1v) is 9.07. The summed E-state index contributed by atoms with van der Waals surface area (Å²) < 4.78 is 56.9. The Bertz CT molecular complexity index is 1130. The Morgan fingerprint density at radius 3 is 2.59 bits per heavy atom. The van der Waals surface area contributed by atoms with Crippen molar-refractivity contribution in [2.45, 2.75) is 12.7 Å². The average Bonchev–Trinajstić information content (AvgIpc) is 3.21. The molecule has 4 N–H and O–H groups in total. The lowest BCUT2D eigenvalue weighted by Crippen LogP contribution is -2.20. The molecule has 0 aliphatic heterocycles. The van der Waals surface area contributed by atoms with Gasteiger partial charge in [-0.25, -0.2) is 14.0 Å². The minimum absolute atomic E-state index is 0.0734. The molecule has 168 valence electrons. The van der Waals surface area contributed by atoms with Crippen molar-refractivity contribution < 1.29 is 31.9 Å². The number of anilines is 3. The number of esters is 1. The SMILES string of the molecule is COC(=O)c1n[nH]cc1NCc1cccc(NC(=O)Nc2cc(C(F)(F)F)ccc2F)c1. The molecule has 0 aliphatic carbocycles. The van der Waals surface area contributed by atoms with Crippen molar-refractivity contribution in [2.75, 3.05) is 23.1 Å². The lowest BCUT2D eigenvalue weighted by Gasteiger charge is -2.12. The van der Waals surface area contributed by atoms with Crippen LogP contribution in [0.1, 0.15) is 21.6 Å². The fraction of sp³-hybridized carbons (Fsp3) is 0.150. The number of carbonyl (C=O) groups is 2. The highest BCUT2D eigenvalue weighted by atomic mass is 19.4. The maximum Gasteiger partial charge on any atom is 0.416 e. The molecule has 3 aromatic rings. The van der Waals surface area contributed by atoms with E-state index in [9.17, 15) is 27.2 Å². The van der Waals surface area contributed by atoms with Crippen LogP contribution in [0, 0.1) is 5.82 Å². The van der Waals surface area contributed by atoms with E-state index < -0.39 is 35.2 Å². The van der Waals surface area contributed by atoms with Crippen LogP contribution < -0.4 is 16.0 Å². The number of carbonyl (C=O) groups excluding carboxylic acids is 2. The van der Waals surface area contributed by atoms with Gasteiger partial charge in [0.05, 0.1) is 24.0 Å². The molecular formula is C20H17F4N5O3. The van der Waals surface area contributed by atoms with Crippen LogP contribution in [0.3, 0.4) is 0 Å². The second-order valence-electron chi connectivity index (χ2n) is 6.46. The molecule has 0 fully saturated rings. The van der Waals surface area contributed by atoms with E-state index in [2.05, 4.69) is 30.9 Å². The number of benzene rings is 2. The van der Waals surface area contributed by atoms with E-state index in [4.69, 9.17) is 0 Å². The van der Waals surface area contributed by atoms with E-state index in [1.54, 1.807) is 24.3 Å². The zero-order chi connectivity index (χ0) is 23.3. The second-order valence-corrected chi connectivity index (χ2v) is 6.46. The number of amides is 2. The predicted octanol–water partition coefficient (Wildman–Crippen LogP) is 4.61. The largest absolute Gasteiger partial charge is 0.464 e. The summed E-state index contributed by atoms with van der Waals surface area (Å²) in [6.07, 6.45) is -3.20. The minimum Gasteiger partial charge on any atom is -0.464 e. The third-order valence-corrected chi connectivity index (χ3v) is 4.23. The first kappa shape index (κ1) is 22.6. The van der Waals surface area contributed by atoms with Gasteiger partial charge >= 0.3 is 18.2 Å². The molecule has 0 aliphatic rings. The first-order valence-electron chi connectivity index (χ1n) is 9.07. The first-order chi connectivity index (χ1) is 15.2.